The third-order valence-electron chi connectivity index (χ3n) is 4.76. The number of ether oxygens (including phenoxy) is 1. The lowest BCUT2D eigenvalue weighted by Crippen LogP contribution is -2.20. The summed E-state index contributed by atoms with van der Waals surface area (Å²) in [5.41, 5.74) is 3.77. The second-order valence-corrected chi connectivity index (χ2v) is 7.60. The molecule has 0 saturated carbocycles. The summed E-state index contributed by atoms with van der Waals surface area (Å²) < 4.78 is 7.12. The summed E-state index contributed by atoms with van der Waals surface area (Å²) >= 11 is 1.32. The molecule has 0 saturated heterocycles. The van der Waals surface area contributed by atoms with Crippen LogP contribution in [-0.4, -0.2) is 28.0 Å². The van der Waals surface area contributed by atoms with Crippen LogP contribution >= 0.6 is 11.3 Å². The van der Waals surface area contributed by atoms with E-state index in [1.54, 1.807) is 6.92 Å². The van der Waals surface area contributed by atoms with Crippen molar-refractivity contribution in [1.29, 1.82) is 0 Å². The van der Waals surface area contributed by atoms with E-state index in [-0.39, 0.29) is 19.1 Å². The quantitative estimate of drug-likeness (QED) is 0.452. The molecule has 2 heterocycles. The van der Waals surface area contributed by atoms with Gasteiger partial charge >= 0.3 is 5.97 Å². The van der Waals surface area contributed by atoms with E-state index in [2.05, 4.69) is 10.3 Å². The Hall–Kier alpha value is -3.45. The molecular weight excluding hydrogens is 398 g/mol. The molecule has 0 aliphatic rings. The number of para-hydroxylation sites is 2. The largest absolute Gasteiger partial charge is 0.462 e. The first kappa shape index (κ1) is 19.8. The molecule has 30 heavy (non-hydrogen) atoms. The molecule has 1 amide bonds. The standard InChI is InChI=1S/C23H21N3O3S/c1-3-29-23(28)21-17(16-9-5-4-6-10-16)14-30-22(21)25-20(27)13-26-15(2)24-18-11-7-8-12-19(18)26/h4-12,14H,3,13H2,1-2H3,(H,25,27). The van der Waals surface area contributed by atoms with Crippen LogP contribution in [0.4, 0.5) is 5.00 Å². The summed E-state index contributed by atoms with van der Waals surface area (Å²) in [6, 6.07) is 17.3. The van der Waals surface area contributed by atoms with Crippen molar-refractivity contribution < 1.29 is 14.3 Å². The van der Waals surface area contributed by atoms with Gasteiger partial charge in [0.15, 0.2) is 0 Å². The van der Waals surface area contributed by atoms with Crippen LogP contribution in [0.25, 0.3) is 22.2 Å². The Kier molecular flexibility index (Phi) is 5.63. The van der Waals surface area contributed by atoms with Gasteiger partial charge in [-0.05, 0) is 31.5 Å². The van der Waals surface area contributed by atoms with Gasteiger partial charge in [-0.1, -0.05) is 42.5 Å². The van der Waals surface area contributed by atoms with Crippen molar-refractivity contribution >= 4 is 39.2 Å². The number of esters is 1. The number of hydrogen-bond donors (Lipinski definition) is 1. The van der Waals surface area contributed by atoms with Crippen LogP contribution in [0.2, 0.25) is 0 Å². The number of amides is 1. The average molecular weight is 420 g/mol. The molecule has 7 heteroatoms. The van der Waals surface area contributed by atoms with E-state index >= 15 is 0 Å². The van der Waals surface area contributed by atoms with Crippen LogP contribution in [0.15, 0.2) is 60.0 Å². The number of fused-ring (bicyclic) bond motifs is 1. The molecule has 0 aliphatic carbocycles. The van der Waals surface area contributed by atoms with E-state index in [0.29, 0.717) is 10.6 Å². The van der Waals surface area contributed by atoms with Crippen molar-refractivity contribution in [3.05, 3.63) is 71.4 Å². The lowest BCUT2D eigenvalue weighted by Gasteiger charge is -2.10. The van der Waals surface area contributed by atoms with E-state index in [1.165, 1.54) is 11.3 Å². The summed E-state index contributed by atoms with van der Waals surface area (Å²) in [5.74, 6) is 0.0820. The highest BCUT2D eigenvalue weighted by Gasteiger charge is 2.23. The molecule has 0 radical (unpaired) electrons. The van der Waals surface area contributed by atoms with Gasteiger partial charge in [-0.3, -0.25) is 4.79 Å². The molecule has 2 aromatic carbocycles. The first-order valence-corrected chi connectivity index (χ1v) is 10.5. The number of carbonyl (C=O) groups is 2. The van der Waals surface area contributed by atoms with Crippen LogP contribution in [0.5, 0.6) is 0 Å². The normalized spacial score (nSPS) is 10.9. The van der Waals surface area contributed by atoms with E-state index in [1.807, 2.05) is 71.5 Å². The topological polar surface area (TPSA) is 73.2 Å². The highest BCUT2D eigenvalue weighted by Crippen LogP contribution is 2.36. The highest BCUT2D eigenvalue weighted by atomic mass is 32.1. The minimum Gasteiger partial charge on any atom is -0.462 e. The summed E-state index contributed by atoms with van der Waals surface area (Å²) in [4.78, 5) is 30.0. The molecule has 4 rings (SSSR count). The number of anilines is 1. The third kappa shape index (κ3) is 3.84. The molecule has 1 N–H and O–H groups in total. The lowest BCUT2D eigenvalue weighted by atomic mass is 10.0. The second-order valence-electron chi connectivity index (χ2n) is 6.72. The molecule has 152 valence electrons. The van der Waals surface area contributed by atoms with Gasteiger partial charge in [0.2, 0.25) is 5.91 Å². The number of nitrogens with one attached hydrogen (secondary N) is 1. The zero-order chi connectivity index (χ0) is 21.1. The molecule has 0 fully saturated rings. The van der Waals surface area contributed by atoms with Crippen molar-refractivity contribution in [3.8, 4) is 11.1 Å². The molecule has 6 nitrogen and oxygen atoms in total. The zero-order valence-corrected chi connectivity index (χ0v) is 17.5. The van der Waals surface area contributed by atoms with Crippen molar-refractivity contribution in [2.75, 3.05) is 11.9 Å². The van der Waals surface area contributed by atoms with Gasteiger partial charge in [0.05, 0.1) is 17.6 Å². The Morgan fingerprint density at radius 3 is 2.60 bits per heavy atom. The van der Waals surface area contributed by atoms with Crippen LogP contribution in [0.3, 0.4) is 0 Å². The molecule has 0 unspecified atom stereocenters. The Labute approximate surface area is 178 Å². The van der Waals surface area contributed by atoms with Crippen LogP contribution < -0.4 is 5.32 Å². The highest BCUT2D eigenvalue weighted by molar-refractivity contribution is 7.15. The maximum atomic E-state index is 12.8. The van der Waals surface area contributed by atoms with Crippen molar-refractivity contribution in [2.45, 2.75) is 20.4 Å². The maximum Gasteiger partial charge on any atom is 0.341 e. The first-order chi connectivity index (χ1) is 14.6. The van der Waals surface area contributed by atoms with Gasteiger partial charge in [-0.2, -0.15) is 0 Å². The zero-order valence-electron chi connectivity index (χ0n) is 16.7. The Bertz CT molecular complexity index is 1210. The van der Waals surface area contributed by atoms with E-state index < -0.39 is 5.97 Å². The molecule has 0 bridgehead atoms. The Morgan fingerprint density at radius 1 is 1.10 bits per heavy atom. The predicted molar refractivity (Wildman–Crippen MR) is 119 cm³/mol. The summed E-state index contributed by atoms with van der Waals surface area (Å²) in [6.07, 6.45) is 0. The minimum absolute atomic E-state index is 0.104. The molecular formula is C23H21N3O3S. The van der Waals surface area contributed by atoms with E-state index in [0.717, 1.165) is 28.0 Å². The first-order valence-electron chi connectivity index (χ1n) is 9.64. The summed E-state index contributed by atoms with van der Waals surface area (Å²) in [7, 11) is 0. The Balaban J connectivity index is 1.64. The number of benzene rings is 2. The molecule has 0 aliphatic heterocycles. The number of carbonyl (C=O) groups excluding carboxylic acids is 2. The maximum absolute atomic E-state index is 12.8. The summed E-state index contributed by atoms with van der Waals surface area (Å²) in [5, 5.41) is 5.26. The van der Waals surface area contributed by atoms with Gasteiger partial charge in [-0.15, -0.1) is 11.3 Å². The monoisotopic (exact) mass is 419 g/mol. The van der Waals surface area contributed by atoms with Crippen molar-refractivity contribution in [3.63, 3.8) is 0 Å². The van der Waals surface area contributed by atoms with Crippen LogP contribution in [0.1, 0.15) is 23.1 Å². The number of aromatic nitrogens is 2. The molecule has 2 aromatic heterocycles. The molecule has 4 aromatic rings. The fourth-order valence-electron chi connectivity index (χ4n) is 3.39. The molecule has 0 atom stereocenters. The number of aryl methyl sites for hydroxylation is 1. The van der Waals surface area contributed by atoms with Gasteiger partial charge in [0.25, 0.3) is 0 Å². The third-order valence-corrected chi connectivity index (χ3v) is 5.65. The number of thiophene rings is 1. The number of rotatable bonds is 6. The SMILES string of the molecule is CCOC(=O)c1c(-c2ccccc2)csc1NC(=O)Cn1c(C)nc2ccccc21. The number of imidazole rings is 1. The van der Waals surface area contributed by atoms with Crippen LogP contribution in [0, 0.1) is 6.92 Å². The predicted octanol–water partition coefficient (Wildman–Crippen LogP) is 4.89. The van der Waals surface area contributed by atoms with Crippen molar-refractivity contribution in [2.24, 2.45) is 0 Å². The number of hydrogen-bond acceptors (Lipinski definition) is 5. The average Bonchev–Trinajstić information content (AvgIpc) is 3.30. The fraction of sp³-hybridized carbons (Fsp3) is 0.174. The fourth-order valence-corrected chi connectivity index (χ4v) is 4.36. The smallest absolute Gasteiger partial charge is 0.341 e. The Morgan fingerprint density at radius 2 is 1.83 bits per heavy atom. The molecule has 0 spiro atoms. The lowest BCUT2D eigenvalue weighted by molar-refractivity contribution is -0.116. The van der Waals surface area contributed by atoms with E-state index in [4.69, 9.17) is 4.74 Å². The summed E-state index contributed by atoms with van der Waals surface area (Å²) in [6.45, 7) is 4.00. The second kappa shape index (κ2) is 8.51. The van der Waals surface area contributed by atoms with Gasteiger partial charge < -0.3 is 14.6 Å². The van der Waals surface area contributed by atoms with Gasteiger partial charge in [0.1, 0.15) is 22.9 Å². The van der Waals surface area contributed by atoms with Gasteiger partial charge in [0, 0.05) is 10.9 Å². The minimum atomic E-state index is -0.447. The van der Waals surface area contributed by atoms with Gasteiger partial charge in [-0.25, -0.2) is 9.78 Å². The van der Waals surface area contributed by atoms with Crippen molar-refractivity contribution in [1.82, 2.24) is 9.55 Å². The van der Waals surface area contributed by atoms with Crippen LogP contribution in [-0.2, 0) is 16.1 Å². The van der Waals surface area contributed by atoms with E-state index in [9.17, 15) is 9.59 Å². The number of nitrogens with zero attached hydrogens (tertiary/aromatic N) is 2.